The molecule has 4 heteroatoms. The molecular formula is C15H22O4. The van der Waals surface area contributed by atoms with Gasteiger partial charge in [0.2, 0.25) is 0 Å². The first-order valence-electron chi connectivity index (χ1n) is 6.58. The molecule has 19 heavy (non-hydrogen) atoms. The quantitative estimate of drug-likeness (QED) is 0.784. The van der Waals surface area contributed by atoms with E-state index in [4.69, 9.17) is 9.47 Å². The number of carboxylic acid groups (broad SMARTS) is 1. The van der Waals surface area contributed by atoms with Gasteiger partial charge in [-0.25, -0.2) is 0 Å². The van der Waals surface area contributed by atoms with E-state index >= 15 is 0 Å². The summed E-state index contributed by atoms with van der Waals surface area (Å²) >= 11 is 0. The smallest absolute Gasteiger partial charge is 0.309 e. The van der Waals surface area contributed by atoms with Gasteiger partial charge in [0.15, 0.2) is 0 Å². The first-order valence-corrected chi connectivity index (χ1v) is 6.58. The van der Waals surface area contributed by atoms with Crippen LogP contribution in [0, 0.1) is 5.41 Å². The van der Waals surface area contributed by atoms with E-state index < -0.39 is 11.4 Å². The second kappa shape index (κ2) is 7.02. The summed E-state index contributed by atoms with van der Waals surface area (Å²) in [7, 11) is 1.61. The van der Waals surface area contributed by atoms with Gasteiger partial charge in [0.1, 0.15) is 11.5 Å². The number of benzene rings is 1. The van der Waals surface area contributed by atoms with Crippen LogP contribution in [0.2, 0.25) is 0 Å². The summed E-state index contributed by atoms with van der Waals surface area (Å²) in [5.41, 5.74) is -0.674. The minimum Gasteiger partial charge on any atom is -0.497 e. The van der Waals surface area contributed by atoms with Crippen LogP contribution in [0.3, 0.4) is 0 Å². The summed E-state index contributed by atoms with van der Waals surface area (Å²) in [6.45, 7) is 4.22. The summed E-state index contributed by atoms with van der Waals surface area (Å²) in [4.78, 5) is 11.3. The van der Waals surface area contributed by atoms with Crippen LogP contribution in [-0.4, -0.2) is 24.8 Å². The number of rotatable bonds is 8. The maximum Gasteiger partial charge on any atom is 0.309 e. The third kappa shape index (κ3) is 3.88. The highest BCUT2D eigenvalue weighted by atomic mass is 16.5. The maximum absolute atomic E-state index is 11.3. The molecule has 0 aliphatic carbocycles. The van der Waals surface area contributed by atoms with Gasteiger partial charge in [-0.05, 0) is 43.5 Å². The molecule has 0 heterocycles. The molecule has 0 spiro atoms. The van der Waals surface area contributed by atoms with Crippen molar-refractivity contribution in [2.24, 2.45) is 5.41 Å². The Morgan fingerprint density at radius 3 is 2.11 bits per heavy atom. The molecule has 0 aliphatic rings. The predicted octanol–water partition coefficient (Wildman–Crippen LogP) is 3.36. The molecular weight excluding hydrogens is 244 g/mol. The van der Waals surface area contributed by atoms with E-state index in [9.17, 15) is 9.90 Å². The van der Waals surface area contributed by atoms with E-state index in [-0.39, 0.29) is 0 Å². The molecule has 106 valence electrons. The minimum absolute atomic E-state index is 0.403. The second-order valence-electron chi connectivity index (χ2n) is 4.57. The Bertz CT molecular complexity index is 393. The van der Waals surface area contributed by atoms with Gasteiger partial charge in [-0.1, -0.05) is 13.8 Å². The monoisotopic (exact) mass is 266 g/mol. The lowest BCUT2D eigenvalue weighted by Crippen LogP contribution is -2.31. The molecule has 0 fully saturated rings. The number of hydrogen-bond donors (Lipinski definition) is 1. The zero-order valence-electron chi connectivity index (χ0n) is 11.8. The molecule has 0 amide bonds. The summed E-state index contributed by atoms with van der Waals surface area (Å²) in [5, 5.41) is 9.32. The lowest BCUT2D eigenvalue weighted by atomic mass is 9.79. The molecule has 1 aromatic carbocycles. The summed E-state index contributed by atoms with van der Waals surface area (Å²) in [6.07, 6.45) is 1.75. The van der Waals surface area contributed by atoms with Gasteiger partial charge < -0.3 is 14.6 Å². The number of carboxylic acids is 1. The van der Waals surface area contributed by atoms with Crippen molar-refractivity contribution in [2.45, 2.75) is 33.1 Å². The number of hydrogen-bond acceptors (Lipinski definition) is 3. The highest BCUT2D eigenvalue weighted by Crippen LogP contribution is 2.31. The fourth-order valence-corrected chi connectivity index (χ4v) is 2.05. The van der Waals surface area contributed by atoms with Crippen LogP contribution >= 0.6 is 0 Å². The summed E-state index contributed by atoms with van der Waals surface area (Å²) in [6, 6.07) is 7.27. The fraction of sp³-hybridized carbons (Fsp3) is 0.533. The third-order valence-electron chi connectivity index (χ3n) is 3.72. The van der Waals surface area contributed by atoms with Crippen LogP contribution in [0.15, 0.2) is 24.3 Å². The average molecular weight is 266 g/mol. The first-order chi connectivity index (χ1) is 9.07. The molecule has 0 radical (unpaired) electrons. The molecule has 0 saturated carbocycles. The van der Waals surface area contributed by atoms with Crippen molar-refractivity contribution in [3.05, 3.63) is 24.3 Å². The van der Waals surface area contributed by atoms with Crippen LogP contribution in [0.5, 0.6) is 11.5 Å². The Balaban J connectivity index is 2.54. The van der Waals surface area contributed by atoms with E-state index in [1.165, 1.54) is 0 Å². The Hall–Kier alpha value is -1.71. The van der Waals surface area contributed by atoms with Gasteiger partial charge in [0.25, 0.3) is 0 Å². The highest BCUT2D eigenvalue weighted by molar-refractivity contribution is 5.74. The van der Waals surface area contributed by atoms with Crippen molar-refractivity contribution in [3.63, 3.8) is 0 Å². The largest absolute Gasteiger partial charge is 0.497 e. The van der Waals surface area contributed by atoms with E-state index in [0.717, 1.165) is 11.5 Å². The van der Waals surface area contributed by atoms with Crippen LogP contribution in [0.1, 0.15) is 33.1 Å². The van der Waals surface area contributed by atoms with Crippen molar-refractivity contribution in [1.29, 1.82) is 0 Å². The lowest BCUT2D eigenvalue weighted by molar-refractivity contribution is -0.150. The van der Waals surface area contributed by atoms with Crippen molar-refractivity contribution >= 4 is 5.97 Å². The van der Waals surface area contributed by atoms with Crippen molar-refractivity contribution < 1.29 is 19.4 Å². The molecule has 0 saturated heterocycles. The second-order valence-corrected chi connectivity index (χ2v) is 4.57. The van der Waals surface area contributed by atoms with Gasteiger partial charge in [-0.2, -0.15) is 0 Å². The normalized spacial score (nSPS) is 11.1. The molecule has 1 aromatic rings. The van der Waals surface area contributed by atoms with E-state index in [1.807, 2.05) is 38.1 Å². The van der Waals surface area contributed by atoms with Crippen molar-refractivity contribution in [3.8, 4) is 11.5 Å². The topological polar surface area (TPSA) is 55.8 Å². The number of methoxy groups -OCH3 is 1. The summed E-state index contributed by atoms with van der Waals surface area (Å²) < 4.78 is 10.7. The molecule has 0 aromatic heterocycles. The Morgan fingerprint density at radius 1 is 1.16 bits per heavy atom. The van der Waals surface area contributed by atoms with Crippen molar-refractivity contribution in [2.75, 3.05) is 13.7 Å². The number of ether oxygens (including phenoxy) is 2. The van der Waals surface area contributed by atoms with Crippen LogP contribution in [0.25, 0.3) is 0 Å². The maximum atomic E-state index is 11.3. The Labute approximate surface area is 114 Å². The zero-order valence-corrected chi connectivity index (χ0v) is 11.8. The molecule has 1 rings (SSSR count). The SMILES string of the molecule is CCC(CC)(CCOc1ccc(OC)cc1)C(=O)O. The zero-order chi connectivity index (χ0) is 14.3. The van der Waals surface area contributed by atoms with Gasteiger partial charge in [0, 0.05) is 0 Å². The van der Waals surface area contributed by atoms with Crippen LogP contribution in [-0.2, 0) is 4.79 Å². The fourth-order valence-electron chi connectivity index (χ4n) is 2.05. The third-order valence-corrected chi connectivity index (χ3v) is 3.72. The summed E-state index contributed by atoms with van der Waals surface area (Å²) in [5.74, 6) is 0.762. The molecule has 0 bridgehead atoms. The van der Waals surface area contributed by atoms with Gasteiger partial charge in [0.05, 0.1) is 19.1 Å². The standard InChI is InChI=1S/C15H22O4/c1-4-15(5-2,14(16)17)10-11-19-13-8-6-12(18-3)7-9-13/h6-9H,4-5,10-11H2,1-3H3,(H,16,17). The number of carbonyl (C=O) groups is 1. The van der Waals surface area contributed by atoms with Crippen LogP contribution < -0.4 is 9.47 Å². The van der Waals surface area contributed by atoms with Gasteiger partial charge in [-0.3, -0.25) is 4.79 Å². The van der Waals surface area contributed by atoms with E-state index in [1.54, 1.807) is 7.11 Å². The Morgan fingerprint density at radius 2 is 1.68 bits per heavy atom. The average Bonchev–Trinajstić information content (AvgIpc) is 2.44. The van der Waals surface area contributed by atoms with E-state index in [2.05, 4.69) is 0 Å². The molecule has 0 unspecified atom stereocenters. The first kappa shape index (κ1) is 15.3. The molecule has 0 atom stereocenters. The van der Waals surface area contributed by atoms with Crippen molar-refractivity contribution in [1.82, 2.24) is 0 Å². The lowest BCUT2D eigenvalue weighted by Gasteiger charge is -2.26. The Kier molecular flexibility index (Phi) is 5.67. The van der Waals surface area contributed by atoms with E-state index in [0.29, 0.717) is 25.9 Å². The van der Waals surface area contributed by atoms with Gasteiger partial charge >= 0.3 is 5.97 Å². The van der Waals surface area contributed by atoms with Gasteiger partial charge in [-0.15, -0.1) is 0 Å². The van der Waals surface area contributed by atoms with Crippen LogP contribution in [0.4, 0.5) is 0 Å². The molecule has 4 nitrogen and oxygen atoms in total. The minimum atomic E-state index is -0.740. The predicted molar refractivity (Wildman–Crippen MR) is 73.8 cm³/mol. The highest BCUT2D eigenvalue weighted by Gasteiger charge is 2.34. The number of aliphatic carboxylic acids is 1. The molecule has 1 N–H and O–H groups in total. The molecule has 0 aliphatic heterocycles.